The molecular weight excluding hydrogens is 272 g/mol. The quantitative estimate of drug-likeness (QED) is 0.547. The van der Waals surface area contributed by atoms with Crippen molar-refractivity contribution in [2.24, 2.45) is 0 Å². The molecule has 0 radical (unpaired) electrons. The van der Waals surface area contributed by atoms with Crippen LogP contribution in [-0.4, -0.2) is 49.1 Å². The van der Waals surface area contributed by atoms with Crippen molar-refractivity contribution >= 4 is 23.7 Å². The van der Waals surface area contributed by atoms with E-state index in [1.807, 2.05) is 6.92 Å². The van der Waals surface area contributed by atoms with Crippen LogP contribution in [0.4, 0.5) is 0 Å². The Labute approximate surface area is 114 Å². The van der Waals surface area contributed by atoms with Gasteiger partial charge in [0.05, 0.1) is 6.61 Å². The Hall–Kier alpha value is -1.64. The molecule has 1 heterocycles. The van der Waals surface area contributed by atoms with E-state index in [1.165, 1.54) is 0 Å². The Balaban J connectivity index is 2.75. The van der Waals surface area contributed by atoms with Gasteiger partial charge in [0.1, 0.15) is 11.8 Å². The molecule has 106 valence electrons. The average molecular weight is 288 g/mol. The summed E-state index contributed by atoms with van der Waals surface area (Å²) in [5, 5.41) is 19.3. The minimum Gasteiger partial charge on any atom is -0.480 e. The Morgan fingerprint density at radius 3 is 2.79 bits per heavy atom. The number of ether oxygens (including phenoxy) is 1. The standard InChI is InChI=1S/C10H16N4O4S/c1-3-5-7(9(17)18-4-2)19-10-11-12-13-14(10)6-8(15)16/h7H,3-6H2,1-2H3,(H,15,16). The van der Waals surface area contributed by atoms with Crippen molar-refractivity contribution in [3.05, 3.63) is 0 Å². The van der Waals surface area contributed by atoms with Crippen molar-refractivity contribution < 1.29 is 19.4 Å². The van der Waals surface area contributed by atoms with E-state index in [4.69, 9.17) is 9.84 Å². The van der Waals surface area contributed by atoms with E-state index in [0.717, 1.165) is 22.9 Å². The van der Waals surface area contributed by atoms with E-state index in [1.54, 1.807) is 6.92 Å². The number of thioether (sulfide) groups is 1. The number of carboxylic acid groups (broad SMARTS) is 1. The molecule has 1 atom stereocenters. The molecule has 9 heteroatoms. The number of rotatable bonds is 8. The average Bonchev–Trinajstić information content (AvgIpc) is 2.75. The Kier molecular flexibility index (Phi) is 6.26. The topological polar surface area (TPSA) is 107 Å². The Morgan fingerprint density at radius 1 is 1.47 bits per heavy atom. The second-order valence-corrected chi connectivity index (χ2v) is 4.83. The minimum absolute atomic E-state index is 0.300. The van der Waals surface area contributed by atoms with Crippen molar-refractivity contribution in [2.75, 3.05) is 6.61 Å². The predicted molar refractivity (Wildman–Crippen MR) is 66.6 cm³/mol. The van der Waals surface area contributed by atoms with Crippen LogP contribution in [0.5, 0.6) is 0 Å². The number of nitrogens with zero attached hydrogens (tertiary/aromatic N) is 4. The molecule has 0 saturated heterocycles. The number of carbonyl (C=O) groups excluding carboxylic acids is 1. The summed E-state index contributed by atoms with van der Waals surface area (Å²) in [6.45, 7) is 3.66. The molecule has 0 aliphatic rings. The number of hydrogen-bond donors (Lipinski definition) is 1. The van der Waals surface area contributed by atoms with Crippen molar-refractivity contribution in [3.8, 4) is 0 Å². The fraction of sp³-hybridized carbons (Fsp3) is 0.700. The zero-order valence-corrected chi connectivity index (χ0v) is 11.6. The fourth-order valence-electron chi connectivity index (χ4n) is 1.36. The Morgan fingerprint density at radius 2 is 2.21 bits per heavy atom. The highest BCUT2D eigenvalue weighted by molar-refractivity contribution is 8.00. The summed E-state index contributed by atoms with van der Waals surface area (Å²) in [7, 11) is 0. The lowest BCUT2D eigenvalue weighted by Crippen LogP contribution is -2.21. The van der Waals surface area contributed by atoms with E-state index in [-0.39, 0.29) is 12.5 Å². The fourth-order valence-corrected chi connectivity index (χ4v) is 2.44. The number of carbonyl (C=O) groups is 2. The molecule has 0 spiro atoms. The van der Waals surface area contributed by atoms with Crippen LogP contribution in [0, 0.1) is 0 Å². The first-order valence-electron chi connectivity index (χ1n) is 5.89. The molecule has 0 amide bonds. The lowest BCUT2D eigenvalue weighted by molar-refractivity contribution is -0.142. The molecule has 0 aliphatic carbocycles. The largest absolute Gasteiger partial charge is 0.480 e. The van der Waals surface area contributed by atoms with Crippen molar-refractivity contribution in [1.82, 2.24) is 20.2 Å². The maximum Gasteiger partial charge on any atom is 0.325 e. The molecular formula is C10H16N4O4S. The van der Waals surface area contributed by atoms with Gasteiger partial charge in [0.25, 0.3) is 0 Å². The maximum atomic E-state index is 11.8. The van der Waals surface area contributed by atoms with Gasteiger partial charge >= 0.3 is 11.9 Å². The van der Waals surface area contributed by atoms with Crippen LogP contribution in [0.1, 0.15) is 26.7 Å². The highest BCUT2D eigenvalue weighted by atomic mass is 32.2. The molecule has 1 aromatic rings. The molecule has 0 fully saturated rings. The first kappa shape index (κ1) is 15.4. The highest BCUT2D eigenvalue weighted by Gasteiger charge is 2.23. The van der Waals surface area contributed by atoms with E-state index in [9.17, 15) is 9.59 Å². The highest BCUT2D eigenvalue weighted by Crippen LogP contribution is 2.25. The zero-order valence-electron chi connectivity index (χ0n) is 10.8. The molecule has 0 aliphatic heterocycles. The van der Waals surface area contributed by atoms with E-state index in [2.05, 4.69) is 15.5 Å². The lowest BCUT2D eigenvalue weighted by Gasteiger charge is -2.13. The second kappa shape index (κ2) is 7.72. The summed E-state index contributed by atoms with van der Waals surface area (Å²) in [4.78, 5) is 22.4. The van der Waals surface area contributed by atoms with Crippen LogP contribution in [0.2, 0.25) is 0 Å². The molecule has 0 aromatic carbocycles. The first-order chi connectivity index (χ1) is 9.08. The van der Waals surface area contributed by atoms with Gasteiger partial charge < -0.3 is 9.84 Å². The summed E-state index contributed by atoms with van der Waals surface area (Å²) in [6.07, 6.45) is 1.42. The van der Waals surface area contributed by atoms with Gasteiger partial charge in [0.15, 0.2) is 0 Å². The summed E-state index contributed by atoms with van der Waals surface area (Å²) in [5.41, 5.74) is 0. The molecule has 1 rings (SSSR count). The van der Waals surface area contributed by atoms with Crippen molar-refractivity contribution in [1.29, 1.82) is 0 Å². The van der Waals surface area contributed by atoms with Gasteiger partial charge in [-0.3, -0.25) is 9.59 Å². The number of carboxylic acids is 1. The van der Waals surface area contributed by atoms with Crippen molar-refractivity contribution in [3.63, 3.8) is 0 Å². The summed E-state index contributed by atoms with van der Waals surface area (Å²) in [6, 6.07) is 0. The van der Waals surface area contributed by atoms with Gasteiger partial charge in [0, 0.05) is 0 Å². The van der Waals surface area contributed by atoms with Gasteiger partial charge in [-0.1, -0.05) is 25.1 Å². The predicted octanol–water partition coefficient (Wildman–Crippen LogP) is 0.582. The van der Waals surface area contributed by atoms with Gasteiger partial charge in [-0.2, -0.15) is 0 Å². The molecule has 0 saturated carbocycles. The Bertz CT molecular complexity index is 437. The molecule has 8 nitrogen and oxygen atoms in total. The second-order valence-electron chi connectivity index (χ2n) is 3.66. The molecule has 1 aromatic heterocycles. The van der Waals surface area contributed by atoms with E-state index >= 15 is 0 Å². The normalized spacial score (nSPS) is 12.1. The smallest absolute Gasteiger partial charge is 0.325 e. The lowest BCUT2D eigenvalue weighted by atomic mass is 10.2. The summed E-state index contributed by atoms with van der Waals surface area (Å²) < 4.78 is 6.12. The van der Waals surface area contributed by atoms with Crippen LogP contribution in [0.3, 0.4) is 0 Å². The van der Waals surface area contributed by atoms with Crippen LogP contribution in [-0.2, 0) is 20.9 Å². The third kappa shape index (κ3) is 4.86. The SMILES string of the molecule is CCCC(Sc1nnnn1CC(=O)O)C(=O)OCC. The molecule has 1 unspecified atom stereocenters. The monoisotopic (exact) mass is 288 g/mol. The van der Waals surface area contributed by atoms with E-state index in [0.29, 0.717) is 18.2 Å². The molecule has 19 heavy (non-hydrogen) atoms. The zero-order chi connectivity index (χ0) is 14.3. The van der Waals surface area contributed by atoms with Crippen molar-refractivity contribution in [2.45, 2.75) is 43.6 Å². The number of hydrogen-bond acceptors (Lipinski definition) is 7. The van der Waals surface area contributed by atoms with Crippen LogP contribution in [0.25, 0.3) is 0 Å². The summed E-state index contributed by atoms with van der Waals surface area (Å²) in [5.74, 6) is -1.38. The third-order valence-corrected chi connectivity index (χ3v) is 3.35. The van der Waals surface area contributed by atoms with Gasteiger partial charge in [-0.25, -0.2) is 4.68 Å². The van der Waals surface area contributed by atoms with Crippen LogP contribution < -0.4 is 0 Å². The molecule has 0 bridgehead atoms. The van der Waals surface area contributed by atoms with E-state index < -0.39 is 11.2 Å². The maximum absolute atomic E-state index is 11.8. The third-order valence-electron chi connectivity index (χ3n) is 2.13. The number of aliphatic carboxylic acids is 1. The molecule has 1 N–H and O–H groups in total. The van der Waals surface area contributed by atoms with Crippen LogP contribution in [0.15, 0.2) is 5.16 Å². The first-order valence-corrected chi connectivity index (χ1v) is 6.77. The minimum atomic E-state index is -1.04. The summed E-state index contributed by atoms with van der Waals surface area (Å²) >= 11 is 1.13. The number of tetrazole rings is 1. The number of esters is 1. The van der Waals surface area contributed by atoms with Crippen LogP contribution >= 0.6 is 11.8 Å². The van der Waals surface area contributed by atoms with Gasteiger partial charge in [0.2, 0.25) is 5.16 Å². The van der Waals surface area contributed by atoms with Gasteiger partial charge in [-0.05, 0) is 23.8 Å². The number of aromatic nitrogens is 4. The van der Waals surface area contributed by atoms with Gasteiger partial charge in [-0.15, -0.1) is 5.10 Å².